The number of thioether (sulfide) groups is 1. The highest BCUT2D eigenvalue weighted by molar-refractivity contribution is 8.02. The first-order valence-electron chi connectivity index (χ1n) is 11.9. The van der Waals surface area contributed by atoms with Gasteiger partial charge in [-0.1, -0.05) is 48.5 Å². The lowest BCUT2D eigenvalue weighted by molar-refractivity contribution is -0.00186. The zero-order valence-corrected chi connectivity index (χ0v) is 21.2. The van der Waals surface area contributed by atoms with E-state index < -0.39 is 4.65 Å². The summed E-state index contributed by atoms with van der Waals surface area (Å²) in [6.45, 7) is 8.26. The Morgan fingerprint density at radius 3 is 2.47 bits per heavy atom. The minimum absolute atomic E-state index is 0.172. The number of anilines is 1. The Morgan fingerprint density at radius 1 is 1.17 bits per heavy atom. The van der Waals surface area contributed by atoms with Gasteiger partial charge in [0.15, 0.2) is 5.88 Å². The van der Waals surface area contributed by atoms with E-state index in [-0.39, 0.29) is 18.0 Å². The van der Waals surface area contributed by atoms with Gasteiger partial charge in [0.1, 0.15) is 24.3 Å². The van der Waals surface area contributed by atoms with Crippen molar-refractivity contribution in [2.24, 2.45) is 0 Å². The van der Waals surface area contributed by atoms with Crippen LogP contribution in [-0.2, 0) is 9.47 Å². The van der Waals surface area contributed by atoms with Crippen molar-refractivity contribution < 1.29 is 18.7 Å². The summed E-state index contributed by atoms with van der Waals surface area (Å²) in [6, 6.07) is 17.0. The van der Waals surface area contributed by atoms with E-state index in [1.807, 2.05) is 49.4 Å². The van der Waals surface area contributed by atoms with Crippen molar-refractivity contribution in [2.75, 3.05) is 17.7 Å². The average molecular weight is 499 g/mol. The number of aldehydes is 1. The van der Waals surface area contributed by atoms with Crippen LogP contribution in [0.3, 0.4) is 0 Å². The molecule has 2 aliphatic heterocycles. The summed E-state index contributed by atoms with van der Waals surface area (Å²) in [4.78, 5) is 10.9. The van der Waals surface area contributed by atoms with Gasteiger partial charge in [-0.2, -0.15) is 11.8 Å². The molecule has 0 saturated carbocycles. The molecular weight excluding hydrogens is 472 g/mol. The molecule has 4 nitrogen and oxygen atoms in total. The Morgan fingerprint density at radius 2 is 1.81 bits per heavy atom. The highest BCUT2D eigenvalue weighted by Crippen LogP contribution is 2.46. The molecule has 2 unspecified atom stereocenters. The van der Waals surface area contributed by atoms with Gasteiger partial charge in [0, 0.05) is 39.4 Å². The van der Waals surface area contributed by atoms with Crippen LogP contribution in [0.5, 0.6) is 0 Å². The molecule has 2 radical (unpaired) electrons. The van der Waals surface area contributed by atoms with E-state index in [0.717, 1.165) is 40.7 Å². The van der Waals surface area contributed by atoms with Gasteiger partial charge in [-0.3, -0.25) is 4.79 Å². The number of halogens is 1. The van der Waals surface area contributed by atoms with E-state index in [2.05, 4.69) is 11.9 Å². The summed E-state index contributed by atoms with van der Waals surface area (Å²) in [5.74, 6) is 0.787. The lowest BCUT2D eigenvalue weighted by Crippen LogP contribution is -2.38. The van der Waals surface area contributed by atoms with Gasteiger partial charge >= 0.3 is 0 Å². The van der Waals surface area contributed by atoms with E-state index in [1.54, 1.807) is 30.8 Å². The van der Waals surface area contributed by atoms with Crippen LogP contribution >= 0.6 is 11.8 Å². The summed E-state index contributed by atoms with van der Waals surface area (Å²) < 4.78 is 27.1. The number of fused-ring (bicyclic) bond motifs is 1. The summed E-state index contributed by atoms with van der Waals surface area (Å²) in [5.41, 5.74) is 5.88. The van der Waals surface area contributed by atoms with Crippen LogP contribution in [0.4, 0.5) is 10.1 Å². The number of hydrogen-bond acceptors (Lipinski definition) is 5. The minimum atomic E-state index is -0.403. The van der Waals surface area contributed by atoms with Crippen molar-refractivity contribution >= 4 is 31.6 Å². The van der Waals surface area contributed by atoms with Crippen LogP contribution in [0.15, 0.2) is 67.1 Å². The lowest BCUT2D eigenvalue weighted by atomic mass is 9.79. The third-order valence-corrected chi connectivity index (χ3v) is 8.42. The first kappa shape index (κ1) is 24.7. The normalized spacial score (nSPS) is 22.8. The molecule has 2 heterocycles. The molecule has 0 aliphatic carbocycles. The second-order valence-corrected chi connectivity index (χ2v) is 10.8. The van der Waals surface area contributed by atoms with E-state index in [9.17, 15) is 4.79 Å². The van der Waals surface area contributed by atoms with Crippen molar-refractivity contribution in [3.63, 3.8) is 0 Å². The van der Waals surface area contributed by atoms with Gasteiger partial charge < -0.3 is 14.8 Å². The maximum absolute atomic E-state index is 15.6. The van der Waals surface area contributed by atoms with Crippen molar-refractivity contribution in [1.82, 2.24) is 0 Å². The monoisotopic (exact) mass is 499 g/mol. The molecule has 0 amide bonds. The van der Waals surface area contributed by atoms with Crippen LogP contribution in [0.2, 0.25) is 0 Å². The molecule has 7 heteroatoms. The number of rotatable bonds is 7. The summed E-state index contributed by atoms with van der Waals surface area (Å²) in [5, 5.41) is 3.14. The fourth-order valence-corrected chi connectivity index (χ4v) is 6.26. The molecule has 0 aromatic heterocycles. The minimum Gasteiger partial charge on any atom is -0.473 e. The zero-order valence-electron chi connectivity index (χ0n) is 20.3. The Labute approximate surface area is 216 Å². The number of benzene rings is 3. The Hall–Kier alpha value is -3.03. The summed E-state index contributed by atoms with van der Waals surface area (Å²) in [7, 11) is 6.42. The van der Waals surface area contributed by atoms with Crippen LogP contribution in [-0.4, -0.2) is 43.3 Å². The first-order valence-corrected chi connectivity index (χ1v) is 12.9. The maximum Gasteiger partial charge on any atom is 0.184 e. The number of carbonyl (C=O) groups is 1. The van der Waals surface area contributed by atoms with E-state index in [4.69, 9.17) is 17.3 Å². The molecule has 3 aromatic carbocycles. The molecule has 0 spiro atoms. The van der Waals surface area contributed by atoms with E-state index in [1.165, 1.54) is 0 Å². The fourth-order valence-electron chi connectivity index (χ4n) is 4.93. The lowest BCUT2D eigenvalue weighted by Gasteiger charge is -2.26. The number of hydrogen-bond donors (Lipinski definition) is 1. The molecule has 36 heavy (non-hydrogen) atoms. The molecule has 1 N–H and O–H groups in total. The quantitative estimate of drug-likeness (QED) is 0.236. The number of carbonyl (C=O) groups excluding carboxylic acids is 1. The molecule has 3 atom stereocenters. The van der Waals surface area contributed by atoms with Crippen molar-refractivity contribution in [3.05, 3.63) is 89.6 Å². The van der Waals surface area contributed by atoms with Crippen molar-refractivity contribution in [3.8, 4) is 22.3 Å². The third kappa shape index (κ3) is 4.58. The largest absolute Gasteiger partial charge is 0.473 e. The predicted octanol–water partition coefficient (Wildman–Crippen LogP) is 6.26. The van der Waals surface area contributed by atoms with Crippen LogP contribution in [0.25, 0.3) is 22.3 Å². The van der Waals surface area contributed by atoms with Gasteiger partial charge in [0.25, 0.3) is 0 Å². The molecule has 2 aliphatic rings. The van der Waals surface area contributed by atoms with Gasteiger partial charge in [-0.05, 0) is 55.2 Å². The van der Waals surface area contributed by atoms with Crippen LogP contribution in [0.1, 0.15) is 27.9 Å². The third-order valence-electron chi connectivity index (χ3n) is 6.96. The second-order valence-electron chi connectivity index (χ2n) is 9.38. The fraction of sp³-hybridized carbons (Fsp3) is 0.276. The molecule has 2 saturated heterocycles. The summed E-state index contributed by atoms with van der Waals surface area (Å²) in [6.07, 6.45) is 1.26. The van der Waals surface area contributed by atoms with E-state index in [0.29, 0.717) is 34.9 Å². The first-order chi connectivity index (χ1) is 17.3. The van der Waals surface area contributed by atoms with Gasteiger partial charge in [0.05, 0.1) is 7.85 Å². The second kappa shape index (κ2) is 9.79. The standard InChI is InChI=1S/C29H27BFNO3S/c1-17-14-24(32-19(3)35-25-16-36-29(30)12-13-34-28(25)29)18(2)27(31)26(17)23-10-8-22(9-11-23)21-6-4-20(15-33)5-7-21/h4-11,14-15,25,28,32H,3,12-13,16H2,1-2H3/t25-,28?,29?/m1/s1. The SMILES string of the molecule is [B]C12CCOC1[C@H](OC(=C)Nc1cc(C)c(-c3ccc(-c4ccc(C=O)cc4)cc3)c(F)c1C)CS2. The smallest absolute Gasteiger partial charge is 0.184 e. The maximum atomic E-state index is 15.6. The Kier molecular flexibility index (Phi) is 6.71. The number of aryl methyl sites for hydroxylation is 1. The molecule has 0 bridgehead atoms. The van der Waals surface area contributed by atoms with Gasteiger partial charge in [-0.25, -0.2) is 4.39 Å². The van der Waals surface area contributed by atoms with Gasteiger partial charge in [0.2, 0.25) is 0 Å². The topological polar surface area (TPSA) is 47.6 Å². The predicted molar refractivity (Wildman–Crippen MR) is 145 cm³/mol. The zero-order chi connectivity index (χ0) is 25.4. The van der Waals surface area contributed by atoms with Crippen LogP contribution < -0.4 is 5.32 Å². The molecule has 182 valence electrons. The molecule has 3 aromatic rings. The Bertz CT molecular complexity index is 1310. The van der Waals surface area contributed by atoms with Gasteiger partial charge in [-0.15, -0.1) is 0 Å². The van der Waals surface area contributed by atoms with E-state index >= 15 is 4.39 Å². The highest BCUT2D eigenvalue weighted by atomic mass is 32.2. The average Bonchev–Trinajstić information content (AvgIpc) is 3.40. The number of ether oxygens (including phenoxy) is 2. The Balaban J connectivity index is 1.33. The van der Waals surface area contributed by atoms with Crippen molar-refractivity contribution in [1.29, 1.82) is 0 Å². The molecular formula is C29H27BFNO3S. The van der Waals surface area contributed by atoms with Crippen LogP contribution in [0, 0.1) is 19.7 Å². The number of nitrogens with one attached hydrogen (secondary N) is 1. The molecule has 5 rings (SSSR count). The molecule has 2 fully saturated rings. The van der Waals surface area contributed by atoms with Crippen molar-refractivity contribution in [2.45, 2.75) is 37.1 Å². The highest BCUT2D eigenvalue weighted by Gasteiger charge is 2.51. The summed E-state index contributed by atoms with van der Waals surface area (Å²) >= 11 is 1.67.